The number of aromatic nitrogens is 2. The van der Waals surface area contributed by atoms with Crippen LogP contribution in [0.25, 0.3) is 5.69 Å². The summed E-state index contributed by atoms with van der Waals surface area (Å²) in [6.45, 7) is 2.99. The lowest BCUT2D eigenvalue weighted by Crippen LogP contribution is -2.19. The maximum atomic E-state index is 12.6. The summed E-state index contributed by atoms with van der Waals surface area (Å²) in [6.07, 6.45) is 0. The quantitative estimate of drug-likeness (QED) is 0.403. The molecule has 2 aromatic rings. The first kappa shape index (κ1) is 17.2. The van der Waals surface area contributed by atoms with Gasteiger partial charge >= 0.3 is 5.97 Å². The zero-order valence-corrected chi connectivity index (χ0v) is 13.8. The number of benzene rings is 1. The fourth-order valence-electron chi connectivity index (χ4n) is 2.13. The average molecular weight is 330 g/mol. The minimum atomic E-state index is -0.837. The number of carbonyl (C=O) groups is 1. The molecule has 1 heterocycles. The molecule has 126 valence electrons. The molecule has 1 aromatic carbocycles. The number of rotatable bonds is 4. The van der Waals surface area contributed by atoms with Gasteiger partial charge in [0, 0.05) is 7.05 Å². The predicted octanol–water partition coefficient (Wildman–Crippen LogP) is 2.53. The van der Waals surface area contributed by atoms with Crippen LogP contribution < -0.4 is 5.56 Å². The summed E-state index contributed by atoms with van der Waals surface area (Å²) in [4.78, 5) is 24.2. The van der Waals surface area contributed by atoms with Gasteiger partial charge in [0.15, 0.2) is 5.69 Å². The maximum absolute atomic E-state index is 12.6. The van der Waals surface area contributed by atoms with Crippen molar-refractivity contribution in [2.75, 3.05) is 7.11 Å². The van der Waals surface area contributed by atoms with Gasteiger partial charge in [0.25, 0.3) is 5.56 Å². The molecule has 1 N–H and O–H groups in total. The molecule has 8 nitrogen and oxygen atoms in total. The topological polar surface area (TPSA) is 98.2 Å². The van der Waals surface area contributed by atoms with E-state index in [1.165, 1.54) is 11.6 Å². The van der Waals surface area contributed by atoms with Gasteiger partial charge in [-0.25, -0.2) is 9.48 Å². The lowest BCUT2D eigenvalue weighted by molar-refractivity contribution is -0.136. The molecule has 0 amide bonds. The van der Waals surface area contributed by atoms with Crippen LogP contribution in [0.4, 0.5) is 5.69 Å². The van der Waals surface area contributed by atoms with Gasteiger partial charge in [-0.1, -0.05) is 18.2 Å². The van der Waals surface area contributed by atoms with E-state index in [0.29, 0.717) is 11.4 Å². The lowest BCUT2D eigenvalue weighted by Gasteiger charge is -2.07. The minimum absolute atomic E-state index is 0.0732. The highest BCUT2D eigenvalue weighted by molar-refractivity contribution is 5.88. The Balaban J connectivity index is 2.54. The molecule has 0 unspecified atom stereocenters. The van der Waals surface area contributed by atoms with Gasteiger partial charge in [0.05, 0.1) is 18.5 Å². The normalized spacial score (nSPS) is 12.3. The van der Waals surface area contributed by atoms with E-state index in [2.05, 4.69) is 15.0 Å². The van der Waals surface area contributed by atoms with Crippen molar-refractivity contribution in [2.24, 2.45) is 17.3 Å². The molecular weight excluding hydrogens is 312 g/mol. The molecule has 0 aliphatic rings. The Hall–Kier alpha value is -3.16. The first-order valence-corrected chi connectivity index (χ1v) is 7.12. The predicted molar refractivity (Wildman–Crippen MR) is 87.6 cm³/mol. The van der Waals surface area contributed by atoms with Crippen molar-refractivity contribution in [1.29, 1.82) is 0 Å². The van der Waals surface area contributed by atoms with E-state index in [0.717, 1.165) is 7.11 Å². The number of aliphatic hydroxyl groups excluding tert-OH is 1. The third-order valence-electron chi connectivity index (χ3n) is 3.50. The van der Waals surface area contributed by atoms with Crippen molar-refractivity contribution in [3.05, 3.63) is 57.8 Å². The number of aliphatic hydroxyl groups is 1. The molecule has 0 bridgehead atoms. The Labute approximate surface area is 138 Å². The second-order valence-electron chi connectivity index (χ2n) is 5.04. The van der Waals surface area contributed by atoms with Gasteiger partial charge in [0.2, 0.25) is 5.70 Å². The van der Waals surface area contributed by atoms with Crippen molar-refractivity contribution >= 4 is 11.7 Å². The molecule has 8 heteroatoms. The zero-order valence-electron chi connectivity index (χ0n) is 13.8. The molecule has 0 spiro atoms. The summed E-state index contributed by atoms with van der Waals surface area (Å²) in [7, 11) is 2.88. The number of ether oxygens (including phenoxy) is 1. The monoisotopic (exact) mass is 330 g/mol. The summed E-state index contributed by atoms with van der Waals surface area (Å²) in [5.74, 6) is -1.18. The molecule has 24 heavy (non-hydrogen) atoms. The minimum Gasteiger partial charge on any atom is -0.510 e. The van der Waals surface area contributed by atoms with Crippen molar-refractivity contribution in [2.45, 2.75) is 13.8 Å². The van der Waals surface area contributed by atoms with Gasteiger partial charge in [-0.15, -0.1) is 10.2 Å². The fourth-order valence-corrected chi connectivity index (χ4v) is 2.13. The number of hydrogen-bond acceptors (Lipinski definition) is 6. The third-order valence-corrected chi connectivity index (χ3v) is 3.50. The molecule has 0 saturated carbocycles. The summed E-state index contributed by atoms with van der Waals surface area (Å²) < 4.78 is 7.60. The smallest absolute Gasteiger partial charge is 0.362 e. The number of hydrogen-bond donors (Lipinski definition) is 1. The second kappa shape index (κ2) is 6.95. The Morgan fingerprint density at radius 2 is 1.88 bits per heavy atom. The molecular formula is C16H18N4O4. The molecule has 0 aliphatic carbocycles. The molecule has 0 saturated heterocycles. The Kier molecular flexibility index (Phi) is 4.98. The van der Waals surface area contributed by atoms with E-state index in [1.54, 1.807) is 30.8 Å². The molecule has 1 aromatic heterocycles. The lowest BCUT2D eigenvalue weighted by atomic mass is 10.3. The van der Waals surface area contributed by atoms with Crippen molar-refractivity contribution in [1.82, 2.24) is 9.36 Å². The van der Waals surface area contributed by atoms with Crippen LogP contribution in [0.3, 0.4) is 0 Å². The van der Waals surface area contributed by atoms with Crippen LogP contribution in [-0.2, 0) is 16.6 Å². The Morgan fingerprint density at radius 1 is 1.25 bits per heavy atom. The summed E-state index contributed by atoms with van der Waals surface area (Å²) in [5.41, 5.74) is 0.573. The summed E-state index contributed by atoms with van der Waals surface area (Å²) in [5, 5.41) is 17.0. The van der Waals surface area contributed by atoms with E-state index in [1.807, 2.05) is 18.2 Å². The van der Waals surface area contributed by atoms with Gasteiger partial charge in [-0.2, -0.15) is 0 Å². The molecule has 0 radical (unpaired) electrons. The van der Waals surface area contributed by atoms with Crippen LogP contribution in [0.5, 0.6) is 0 Å². The van der Waals surface area contributed by atoms with Gasteiger partial charge in [-0.05, 0) is 26.0 Å². The van der Waals surface area contributed by atoms with Gasteiger partial charge in [-0.3, -0.25) is 9.48 Å². The standard InChI is InChI=1S/C16H18N4O4/c1-10-13(17-18-14(11(2)21)16(23)24-4)15(22)20(19(10)3)12-8-6-5-7-9-12/h5-9,21H,1-4H3/b14-11+,18-17?. The van der Waals surface area contributed by atoms with Crippen LogP contribution in [0.1, 0.15) is 12.6 Å². The highest BCUT2D eigenvalue weighted by Crippen LogP contribution is 2.18. The van der Waals surface area contributed by atoms with E-state index in [9.17, 15) is 14.7 Å². The molecule has 0 aliphatic heterocycles. The third kappa shape index (κ3) is 3.12. The fraction of sp³-hybridized carbons (Fsp3) is 0.250. The number of allylic oxidation sites excluding steroid dienone is 1. The maximum Gasteiger partial charge on any atom is 0.362 e. The Bertz CT molecular complexity index is 871. The second-order valence-corrected chi connectivity index (χ2v) is 5.04. The number of para-hydroxylation sites is 1. The summed E-state index contributed by atoms with van der Waals surface area (Å²) >= 11 is 0. The van der Waals surface area contributed by atoms with E-state index in [-0.39, 0.29) is 22.7 Å². The zero-order chi connectivity index (χ0) is 17.9. The van der Waals surface area contributed by atoms with Crippen molar-refractivity contribution in [3.63, 3.8) is 0 Å². The summed E-state index contributed by atoms with van der Waals surface area (Å²) in [6, 6.07) is 9.07. The number of methoxy groups -OCH3 is 1. The number of esters is 1. The average Bonchev–Trinajstić information content (AvgIpc) is 2.78. The first-order chi connectivity index (χ1) is 11.4. The van der Waals surface area contributed by atoms with E-state index in [4.69, 9.17) is 0 Å². The van der Waals surface area contributed by atoms with Crippen LogP contribution in [0.15, 0.2) is 56.8 Å². The molecule has 2 rings (SSSR count). The van der Waals surface area contributed by atoms with Crippen molar-refractivity contribution < 1.29 is 14.6 Å². The van der Waals surface area contributed by atoms with E-state index < -0.39 is 5.97 Å². The van der Waals surface area contributed by atoms with Crippen LogP contribution in [0.2, 0.25) is 0 Å². The van der Waals surface area contributed by atoms with Gasteiger partial charge < -0.3 is 9.84 Å². The SMILES string of the molecule is COC(=O)/C(N=Nc1c(C)n(C)n(-c2ccccc2)c1=O)=C(/C)O. The Morgan fingerprint density at radius 3 is 2.42 bits per heavy atom. The van der Waals surface area contributed by atoms with Crippen LogP contribution in [0, 0.1) is 6.92 Å². The van der Waals surface area contributed by atoms with Crippen molar-refractivity contribution in [3.8, 4) is 5.69 Å². The molecule has 0 atom stereocenters. The number of nitrogens with zero attached hydrogens (tertiary/aromatic N) is 4. The highest BCUT2D eigenvalue weighted by atomic mass is 16.5. The highest BCUT2D eigenvalue weighted by Gasteiger charge is 2.18. The first-order valence-electron chi connectivity index (χ1n) is 7.12. The molecule has 0 fully saturated rings. The number of carbonyl (C=O) groups excluding carboxylic acids is 1. The van der Waals surface area contributed by atoms with E-state index >= 15 is 0 Å². The van der Waals surface area contributed by atoms with Crippen LogP contribution >= 0.6 is 0 Å². The largest absolute Gasteiger partial charge is 0.510 e. The number of azo groups is 1. The van der Waals surface area contributed by atoms with Gasteiger partial charge in [0.1, 0.15) is 5.76 Å². The van der Waals surface area contributed by atoms with Crippen LogP contribution in [-0.4, -0.2) is 27.5 Å².